The molecule has 1 aliphatic heterocycles. The van der Waals surface area contributed by atoms with Crippen molar-refractivity contribution in [3.63, 3.8) is 0 Å². The molecule has 0 aromatic rings. The SMILES string of the molecule is CN(C=O)C1[C@H](O)OC(CO)[C@H](O)[C@@H]1O. The lowest BCUT2D eigenvalue weighted by atomic mass is 9.96. The average Bonchev–Trinajstić information content (AvgIpc) is 2.23. The maximum Gasteiger partial charge on any atom is 0.209 e. The number of carbonyl (C=O) groups is 1. The van der Waals surface area contributed by atoms with E-state index >= 15 is 0 Å². The number of aliphatic hydroxyl groups excluding tert-OH is 4. The molecule has 1 rings (SSSR count). The maximum absolute atomic E-state index is 10.5. The number of hydrogen-bond acceptors (Lipinski definition) is 6. The molecule has 0 spiro atoms. The van der Waals surface area contributed by atoms with Crippen LogP contribution in [-0.4, -0.2) is 76.0 Å². The lowest BCUT2D eigenvalue weighted by Crippen LogP contribution is -2.63. The van der Waals surface area contributed by atoms with Crippen LogP contribution in [0.3, 0.4) is 0 Å². The van der Waals surface area contributed by atoms with Crippen molar-refractivity contribution in [2.24, 2.45) is 0 Å². The van der Waals surface area contributed by atoms with Crippen LogP contribution in [0, 0.1) is 0 Å². The Labute approximate surface area is 86.5 Å². The van der Waals surface area contributed by atoms with Gasteiger partial charge < -0.3 is 30.1 Å². The van der Waals surface area contributed by atoms with Crippen molar-refractivity contribution in [3.05, 3.63) is 0 Å². The Balaban J connectivity index is 2.78. The molecule has 88 valence electrons. The van der Waals surface area contributed by atoms with E-state index in [1.807, 2.05) is 0 Å². The van der Waals surface area contributed by atoms with Gasteiger partial charge in [0.25, 0.3) is 0 Å². The summed E-state index contributed by atoms with van der Waals surface area (Å²) < 4.78 is 4.85. The fraction of sp³-hybridized carbons (Fsp3) is 0.875. The minimum atomic E-state index is -1.43. The quantitative estimate of drug-likeness (QED) is 0.375. The smallest absolute Gasteiger partial charge is 0.209 e. The summed E-state index contributed by atoms with van der Waals surface area (Å²) in [5.74, 6) is 0. The zero-order chi connectivity index (χ0) is 11.6. The van der Waals surface area contributed by atoms with Gasteiger partial charge in [0.05, 0.1) is 6.61 Å². The van der Waals surface area contributed by atoms with E-state index in [2.05, 4.69) is 0 Å². The normalized spacial score (nSPS) is 41.3. The number of likely N-dealkylation sites (N-methyl/N-ethyl adjacent to an activating group) is 1. The second kappa shape index (κ2) is 4.86. The Morgan fingerprint density at radius 3 is 2.40 bits per heavy atom. The summed E-state index contributed by atoms with van der Waals surface area (Å²) in [7, 11) is 1.35. The predicted octanol–water partition coefficient (Wildman–Crippen LogP) is -3.13. The van der Waals surface area contributed by atoms with Crippen molar-refractivity contribution in [2.75, 3.05) is 13.7 Å². The Morgan fingerprint density at radius 1 is 1.33 bits per heavy atom. The molecule has 1 amide bonds. The summed E-state index contributed by atoms with van der Waals surface area (Å²) in [4.78, 5) is 11.5. The maximum atomic E-state index is 10.5. The molecule has 0 saturated carbocycles. The van der Waals surface area contributed by atoms with Crippen LogP contribution >= 0.6 is 0 Å². The number of rotatable bonds is 3. The number of hydrogen-bond donors (Lipinski definition) is 4. The second-order valence-corrected chi connectivity index (χ2v) is 3.49. The predicted molar refractivity (Wildman–Crippen MR) is 47.6 cm³/mol. The Hall–Kier alpha value is -0.730. The Bertz CT molecular complexity index is 225. The van der Waals surface area contributed by atoms with Gasteiger partial charge in [0.1, 0.15) is 24.4 Å². The molecule has 1 aliphatic rings. The van der Waals surface area contributed by atoms with E-state index in [4.69, 9.17) is 9.84 Å². The molecular formula is C8H15NO6. The van der Waals surface area contributed by atoms with Crippen LogP contribution in [0.4, 0.5) is 0 Å². The highest BCUT2D eigenvalue weighted by atomic mass is 16.6. The van der Waals surface area contributed by atoms with Gasteiger partial charge in [-0.05, 0) is 0 Å². The molecule has 15 heavy (non-hydrogen) atoms. The number of carbonyl (C=O) groups excluding carboxylic acids is 1. The first-order valence-electron chi connectivity index (χ1n) is 4.50. The van der Waals surface area contributed by atoms with Crippen LogP contribution in [0.1, 0.15) is 0 Å². The van der Waals surface area contributed by atoms with Gasteiger partial charge in [-0.3, -0.25) is 4.79 Å². The van der Waals surface area contributed by atoms with Crippen molar-refractivity contribution < 1.29 is 30.0 Å². The first-order chi connectivity index (χ1) is 7.02. The summed E-state index contributed by atoms with van der Waals surface area (Å²) in [6, 6.07) is -1.04. The van der Waals surface area contributed by atoms with Crippen molar-refractivity contribution in [1.82, 2.24) is 4.90 Å². The average molecular weight is 221 g/mol. The summed E-state index contributed by atoms with van der Waals surface area (Å²) in [5, 5.41) is 37.3. The van der Waals surface area contributed by atoms with E-state index in [1.165, 1.54) is 7.05 Å². The molecule has 4 N–H and O–H groups in total. The van der Waals surface area contributed by atoms with Crippen molar-refractivity contribution in [2.45, 2.75) is 30.6 Å². The zero-order valence-electron chi connectivity index (χ0n) is 8.22. The minimum Gasteiger partial charge on any atom is -0.394 e. The lowest BCUT2D eigenvalue weighted by molar-refractivity contribution is -0.267. The lowest BCUT2D eigenvalue weighted by Gasteiger charge is -2.42. The van der Waals surface area contributed by atoms with Crippen LogP contribution in [0.25, 0.3) is 0 Å². The first kappa shape index (κ1) is 12.3. The number of ether oxygens (including phenoxy) is 1. The minimum absolute atomic E-state index is 0.409. The topological polar surface area (TPSA) is 110 Å². The third-order valence-corrected chi connectivity index (χ3v) is 2.50. The molecule has 1 fully saturated rings. The standard InChI is InChI=1S/C8H15NO6/c1-9(3-11)5-7(13)6(12)4(2-10)15-8(5)14/h3-8,10,12-14H,2H2,1H3/t4?,5?,6-,7+,8+/m0/s1. The van der Waals surface area contributed by atoms with Crippen LogP contribution < -0.4 is 0 Å². The molecule has 7 nitrogen and oxygen atoms in total. The van der Waals surface area contributed by atoms with E-state index in [9.17, 15) is 20.1 Å². The van der Waals surface area contributed by atoms with Gasteiger partial charge in [-0.15, -0.1) is 0 Å². The second-order valence-electron chi connectivity index (χ2n) is 3.49. The highest BCUT2D eigenvalue weighted by molar-refractivity contribution is 5.47. The van der Waals surface area contributed by atoms with E-state index in [0.717, 1.165) is 4.90 Å². The van der Waals surface area contributed by atoms with Crippen molar-refractivity contribution >= 4 is 6.41 Å². The fourth-order valence-corrected chi connectivity index (χ4v) is 1.59. The van der Waals surface area contributed by atoms with E-state index in [-0.39, 0.29) is 0 Å². The monoisotopic (exact) mass is 221 g/mol. The van der Waals surface area contributed by atoms with Gasteiger partial charge in [-0.1, -0.05) is 0 Å². The van der Waals surface area contributed by atoms with E-state index in [0.29, 0.717) is 6.41 Å². The van der Waals surface area contributed by atoms with Gasteiger partial charge in [0.2, 0.25) is 6.41 Å². The van der Waals surface area contributed by atoms with Crippen molar-refractivity contribution in [3.8, 4) is 0 Å². The molecule has 1 heterocycles. The van der Waals surface area contributed by atoms with Crippen LogP contribution in [0.5, 0.6) is 0 Å². The van der Waals surface area contributed by atoms with Crippen LogP contribution in [0.2, 0.25) is 0 Å². The molecule has 1 saturated heterocycles. The molecule has 0 radical (unpaired) electrons. The van der Waals surface area contributed by atoms with E-state index in [1.54, 1.807) is 0 Å². The molecule has 2 unspecified atom stereocenters. The Kier molecular flexibility index (Phi) is 4.00. The summed E-state index contributed by atoms with van der Waals surface area (Å²) in [6.45, 7) is -0.521. The van der Waals surface area contributed by atoms with Crippen molar-refractivity contribution in [1.29, 1.82) is 0 Å². The zero-order valence-corrected chi connectivity index (χ0v) is 8.22. The molecular weight excluding hydrogens is 206 g/mol. The molecule has 0 bridgehead atoms. The van der Waals surface area contributed by atoms with Gasteiger partial charge in [-0.2, -0.15) is 0 Å². The first-order valence-corrected chi connectivity index (χ1v) is 4.50. The molecule has 0 aromatic heterocycles. The molecule has 0 aliphatic carbocycles. The number of aliphatic hydroxyl groups is 4. The summed E-state index contributed by atoms with van der Waals surface area (Å²) >= 11 is 0. The van der Waals surface area contributed by atoms with Gasteiger partial charge >= 0.3 is 0 Å². The van der Waals surface area contributed by atoms with E-state index < -0.39 is 37.3 Å². The number of nitrogens with zero attached hydrogens (tertiary/aromatic N) is 1. The van der Waals surface area contributed by atoms with Crippen LogP contribution in [-0.2, 0) is 9.53 Å². The molecule has 0 aromatic carbocycles. The third kappa shape index (κ3) is 2.27. The molecule has 7 heteroatoms. The summed E-state index contributed by atoms with van der Waals surface area (Å²) in [6.07, 6.45) is -4.78. The number of amides is 1. The summed E-state index contributed by atoms with van der Waals surface area (Å²) in [5.41, 5.74) is 0. The molecule has 5 atom stereocenters. The Morgan fingerprint density at radius 2 is 1.93 bits per heavy atom. The van der Waals surface area contributed by atoms with Gasteiger partial charge in [0.15, 0.2) is 6.29 Å². The largest absolute Gasteiger partial charge is 0.394 e. The van der Waals surface area contributed by atoms with Gasteiger partial charge in [0, 0.05) is 7.05 Å². The van der Waals surface area contributed by atoms with Gasteiger partial charge in [-0.25, -0.2) is 0 Å². The highest BCUT2D eigenvalue weighted by Gasteiger charge is 2.45. The highest BCUT2D eigenvalue weighted by Crippen LogP contribution is 2.22. The third-order valence-electron chi connectivity index (χ3n) is 2.50. The fourth-order valence-electron chi connectivity index (χ4n) is 1.59. The van der Waals surface area contributed by atoms with Crippen LogP contribution in [0.15, 0.2) is 0 Å².